The Morgan fingerprint density at radius 3 is 2.67 bits per heavy atom. The van der Waals surface area contributed by atoms with Gasteiger partial charge in [-0.2, -0.15) is 0 Å². The van der Waals surface area contributed by atoms with Crippen LogP contribution in [0.3, 0.4) is 0 Å². The van der Waals surface area contributed by atoms with Crippen molar-refractivity contribution in [3.8, 4) is 0 Å². The first-order valence-electron chi connectivity index (χ1n) is 9.26. The molecule has 1 atom stereocenters. The van der Waals surface area contributed by atoms with Crippen LogP contribution in [0.4, 0.5) is 0 Å². The summed E-state index contributed by atoms with van der Waals surface area (Å²) in [7, 11) is 4.29. The summed E-state index contributed by atoms with van der Waals surface area (Å²) in [6.07, 6.45) is 6.66. The minimum absolute atomic E-state index is 0.319. The van der Waals surface area contributed by atoms with Crippen LogP contribution < -0.4 is 0 Å². The summed E-state index contributed by atoms with van der Waals surface area (Å²) in [5.41, 5.74) is 0. The zero-order valence-electron chi connectivity index (χ0n) is 15.3. The molecule has 0 saturated carbocycles. The van der Waals surface area contributed by atoms with E-state index in [9.17, 15) is 4.79 Å². The summed E-state index contributed by atoms with van der Waals surface area (Å²) < 4.78 is 2.23. The van der Waals surface area contributed by atoms with E-state index in [-0.39, 0.29) is 0 Å². The molecule has 0 unspecified atom stereocenters. The Morgan fingerprint density at radius 2 is 1.96 bits per heavy atom. The molecule has 0 bridgehead atoms. The molecule has 1 aromatic heterocycles. The maximum absolute atomic E-state index is 12.7. The number of aromatic nitrogens is 2. The maximum atomic E-state index is 12.7. The molecule has 0 N–H and O–H groups in total. The molecule has 2 aliphatic rings. The molecule has 3 rings (SSSR count). The molecule has 2 fully saturated rings. The fourth-order valence-corrected chi connectivity index (χ4v) is 3.99. The lowest BCUT2D eigenvalue weighted by Crippen LogP contribution is -2.52. The van der Waals surface area contributed by atoms with E-state index in [2.05, 4.69) is 51.5 Å². The van der Waals surface area contributed by atoms with Gasteiger partial charge in [-0.15, -0.1) is 0 Å². The van der Waals surface area contributed by atoms with Crippen molar-refractivity contribution in [1.82, 2.24) is 24.3 Å². The summed E-state index contributed by atoms with van der Waals surface area (Å²) in [5, 5.41) is 0. The number of likely N-dealkylation sites (N-methyl/N-ethyl adjacent to an activating group) is 2. The first-order chi connectivity index (χ1) is 11.6. The highest BCUT2D eigenvalue weighted by molar-refractivity contribution is 5.77. The van der Waals surface area contributed by atoms with E-state index in [0.717, 1.165) is 52.1 Å². The lowest BCUT2D eigenvalue weighted by atomic mass is 9.95. The number of hydrogen-bond acceptors (Lipinski definition) is 4. The zero-order valence-corrected chi connectivity index (χ0v) is 15.3. The van der Waals surface area contributed by atoms with Crippen molar-refractivity contribution in [3.63, 3.8) is 0 Å². The molecule has 24 heavy (non-hydrogen) atoms. The van der Waals surface area contributed by atoms with Crippen molar-refractivity contribution in [2.75, 3.05) is 46.8 Å². The average molecular weight is 333 g/mol. The Morgan fingerprint density at radius 1 is 1.21 bits per heavy atom. The minimum Gasteiger partial charge on any atom is -0.343 e. The van der Waals surface area contributed by atoms with Gasteiger partial charge in [-0.3, -0.25) is 4.79 Å². The van der Waals surface area contributed by atoms with Gasteiger partial charge in [-0.1, -0.05) is 0 Å². The van der Waals surface area contributed by atoms with Crippen molar-refractivity contribution >= 4 is 5.91 Å². The van der Waals surface area contributed by atoms with Gasteiger partial charge in [0.1, 0.15) is 5.82 Å². The van der Waals surface area contributed by atoms with Crippen LogP contribution in [0.2, 0.25) is 0 Å². The van der Waals surface area contributed by atoms with Crippen molar-refractivity contribution < 1.29 is 4.79 Å². The molecule has 1 aromatic rings. The molecule has 0 radical (unpaired) electrons. The monoisotopic (exact) mass is 333 g/mol. The van der Waals surface area contributed by atoms with Gasteiger partial charge in [-0.05, 0) is 33.9 Å². The first-order valence-corrected chi connectivity index (χ1v) is 9.26. The quantitative estimate of drug-likeness (QED) is 0.832. The molecule has 0 spiro atoms. The SMILES string of the molecule is CCn1ccnc1C1CCN(C(=O)C[C@@H]2CN(C)CCN2C)CC1. The number of likely N-dealkylation sites (tertiary alicyclic amines) is 1. The molecule has 2 aliphatic heterocycles. The normalized spacial score (nSPS) is 24.5. The topological polar surface area (TPSA) is 44.6 Å². The van der Waals surface area contributed by atoms with Crippen molar-refractivity contribution in [2.24, 2.45) is 0 Å². The Bertz CT molecular complexity index is 549. The lowest BCUT2D eigenvalue weighted by Gasteiger charge is -2.39. The molecular weight excluding hydrogens is 302 g/mol. The van der Waals surface area contributed by atoms with E-state index in [4.69, 9.17) is 0 Å². The van der Waals surface area contributed by atoms with Crippen LogP contribution in [0.1, 0.15) is 37.9 Å². The number of carbonyl (C=O) groups excluding carboxylic acids is 1. The van der Waals surface area contributed by atoms with Crippen LogP contribution in [-0.2, 0) is 11.3 Å². The molecule has 3 heterocycles. The van der Waals surface area contributed by atoms with Crippen LogP contribution >= 0.6 is 0 Å². The predicted molar refractivity (Wildman–Crippen MR) is 95.0 cm³/mol. The molecule has 0 aromatic carbocycles. The Balaban J connectivity index is 1.52. The summed E-state index contributed by atoms with van der Waals surface area (Å²) in [4.78, 5) is 24.0. The minimum atomic E-state index is 0.319. The van der Waals surface area contributed by atoms with E-state index >= 15 is 0 Å². The van der Waals surface area contributed by atoms with Gasteiger partial charge in [0.25, 0.3) is 0 Å². The lowest BCUT2D eigenvalue weighted by molar-refractivity contribution is -0.134. The second kappa shape index (κ2) is 7.66. The first kappa shape index (κ1) is 17.4. The summed E-state index contributed by atoms with van der Waals surface area (Å²) in [6, 6.07) is 0.355. The number of nitrogens with zero attached hydrogens (tertiary/aromatic N) is 5. The van der Waals surface area contributed by atoms with E-state index in [1.54, 1.807) is 0 Å². The van der Waals surface area contributed by atoms with Crippen LogP contribution in [0.15, 0.2) is 12.4 Å². The smallest absolute Gasteiger partial charge is 0.224 e. The van der Waals surface area contributed by atoms with E-state index in [1.165, 1.54) is 5.82 Å². The van der Waals surface area contributed by atoms with Crippen LogP contribution in [0.5, 0.6) is 0 Å². The number of hydrogen-bond donors (Lipinski definition) is 0. The van der Waals surface area contributed by atoms with Gasteiger partial charge in [0.2, 0.25) is 5.91 Å². The molecule has 134 valence electrons. The largest absolute Gasteiger partial charge is 0.343 e. The standard InChI is InChI=1S/C18H31N5O/c1-4-22-10-7-19-18(22)15-5-8-23(9-6-15)17(24)13-16-14-20(2)11-12-21(16)3/h7,10,15-16H,4-6,8-9,11-14H2,1-3H3/t16-/m1/s1. The van der Waals surface area contributed by atoms with Gasteiger partial charge in [0.15, 0.2) is 0 Å². The second-order valence-electron chi connectivity index (χ2n) is 7.33. The summed E-state index contributed by atoms with van der Waals surface area (Å²) >= 11 is 0. The number of piperidine rings is 1. The Labute approximate surface area is 145 Å². The molecule has 6 heteroatoms. The van der Waals surface area contributed by atoms with E-state index in [0.29, 0.717) is 24.3 Å². The molecule has 0 aliphatic carbocycles. The van der Waals surface area contributed by atoms with Gasteiger partial charge < -0.3 is 19.3 Å². The predicted octanol–water partition coefficient (Wildman–Crippen LogP) is 1.24. The number of piperazine rings is 1. The van der Waals surface area contributed by atoms with Crippen LogP contribution in [0.25, 0.3) is 0 Å². The Kier molecular flexibility index (Phi) is 5.56. The van der Waals surface area contributed by atoms with Gasteiger partial charge >= 0.3 is 0 Å². The second-order valence-corrected chi connectivity index (χ2v) is 7.33. The highest BCUT2D eigenvalue weighted by Gasteiger charge is 2.30. The number of imidazole rings is 1. The number of aryl methyl sites for hydroxylation is 1. The number of carbonyl (C=O) groups is 1. The fourth-order valence-electron chi connectivity index (χ4n) is 3.99. The molecule has 1 amide bonds. The highest BCUT2D eigenvalue weighted by Crippen LogP contribution is 2.27. The van der Waals surface area contributed by atoms with Crippen molar-refractivity contribution in [3.05, 3.63) is 18.2 Å². The third kappa shape index (κ3) is 3.81. The number of rotatable bonds is 4. The van der Waals surface area contributed by atoms with Crippen molar-refractivity contribution in [1.29, 1.82) is 0 Å². The van der Waals surface area contributed by atoms with Gasteiger partial charge in [-0.25, -0.2) is 4.98 Å². The summed E-state index contributed by atoms with van der Waals surface area (Å²) in [5.74, 6) is 2.00. The van der Waals surface area contributed by atoms with Gasteiger partial charge in [0.05, 0.1) is 0 Å². The average Bonchev–Trinajstić information content (AvgIpc) is 3.07. The van der Waals surface area contributed by atoms with E-state index < -0.39 is 0 Å². The highest BCUT2D eigenvalue weighted by atomic mass is 16.2. The molecule has 6 nitrogen and oxygen atoms in total. The van der Waals surface area contributed by atoms with Gasteiger partial charge in [0, 0.05) is 70.0 Å². The number of amides is 1. The molecule has 2 saturated heterocycles. The zero-order chi connectivity index (χ0) is 17.1. The van der Waals surface area contributed by atoms with Crippen molar-refractivity contribution in [2.45, 2.75) is 44.7 Å². The van der Waals surface area contributed by atoms with E-state index in [1.807, 2.05) is 6.20 Å². The summed E-state index contributed by atoms with van der Waals surface area (Å²) in [6.45, 7) is 8.00. The van der Waals surface area contributed by atoms with Crippen LogP contribution in [0, 0.1) is 0 Å². The third-order valence-electron chi connectivity index (χ3n) is 5.69. The van der Waals surface area contributed by atoms with Crippen LogP contribution in [-0.4, -0.2) is 83.0 Å². The fraction of sp³-hybridized carbons (Fsp3) is 0.778. The maximum Gasteiger partial charge on any atom is 0.224 e. The third-order valence-corrected chi connectivity index (χ3v) is 5.69. The molecular formula is C18H31N5O. The Hall–Kier alpha value is -1.40.